The number of thioether (sulfide) groups is 1. The summed E-state index contributed by atoms with van der Waals surface area (Å²) in [6.07, 6.45) is 7.05. The molecule has 5 rings (SSSR count). The Morgan fingerprint density at radius 3 is 2.37 bits per heavy atom. The number of esters is 1. The second kappa shape index (κ2) is 11.1. The maximum atomic E-state index is 11.9. The maximum absolute atomic E-state index is 11.9. The molecule has 0 saturated heterocycles. The molecule has 0 bridgehead atoms. The molecule has 11 heteroatoms. The second-order valence-corrected chi connectivity index (χ2v) is 8.72. The van der Waals surface area contributed by atoms with E-state index in [9.17, 15) is 4.79 Å². The lowest BCUT2D eigenvalue weighted by atomic mass is 10.1. The Morgan fingerprint density at radius 2 is 1.71 bits per heavy atom. The summed E-state index contributed by atoms with van der Waals surface area (Å²) in [7, 11) is 3.06. The van der Waals surface area contributed by atoms with E-state index in [-0.39, 0.29) is 0 Å². The highest BCUT2D eigenvalue weighted by molar-refractivity contribution is 7.98. The smallest absolute Gasteiger partial charge is 0.337 e. The van der Waals surface area contributed by atoms with Crippen molar-refractivity contribution in [3.8, 4) is 22.8 Å². The van der Waals surface area contributed by atoms with Gasteiger partial charge in [-0.2, -0.15) is 9.50 Å². The zero-order valence-electron chi connectivity index (χ0n) is 20.8. The molecule has 2 aromatic carbocycles. The molecule has 0 radical (unpaired) electrons. The molecule has 0 atom stereocenters. The fourth-order valence-electron chi connectivity index (χ4n) is 3.78. The van der Waals surface area contributed by atoms with Gasteiger partial charge in [0.2, 0.25) is 5.95 Å². The van der Waals surface area contributed by atoms with Crippen LogP contribution < -0.4 is 10.1 Å². The van der Waals surface area contributed by atoms with Crippen LogP contribution in [0.1, 0.15) is 15.9 Å². The first-order chi connectivity index (χ1) is 18.6. The number of hydrogen-bond acceptors (Lipinski definition) is 10. The van der Waals surface area contributed by atoms with E-state index in [1.165, 1.54) is 18.9 Å². The number of anilines is 2. The zero-order chi connectivity index (χ0) is 26.5. The standard InChI is InChI=1S/C27H23N7O3S/c1-28-16-22-23(17-4-6-18(7-5-17)25(35)36-2)34-27(31-24(22)38-3)32-26(33-34)30-19-8-10-20(11-9-19)37-21-12-14-29-15-13-21/h4-16H,1-3H3,(H,30,33). The van der Waals surface area contributed by atoms with E-state index in [0.29, 0.717) is 28.8 Å². The number of methoxy groups -OCH3 is 1. The van der Waals surface area contributed by atoms with Crippen molar-refractivity contribution < 1.29 is 14.3 Å². The molecule has 0 amide bonds. The Labute approximate surface area is 222 Å². The van der Waals surface area contributed by atoms with Crippen LogP contribution in [-0.2, 0) is 4.74 Å². The topological polar surface area (TPSA) is 116 Å². The van der Waals surface area contributed by atoms with Gasteiger partial charge in [0.25, 0.3) is 5.78 Å². The molecule has 0 aliphatic carbocycles. The highest BCUT2D eigenvalue weighted by Gasteiger charge is 2.19. The number of nitrogens with zero attached hydrogens (tertiary/aromatic N) is 6. The maximum Gasteiger partial charge on any atom is 0.337 e. The van der Waals surface area contributed by atoms with E-state index in [0.717, 1.165) is 27.5 Å². The lowest BCUT2D eigenvalue weighted by molar-refractivity contribution is 0.0600. The van der Waals surface area contributed by atoms with Gasteiger partial charge < -0.3 is 14.8 Å². The van der Waals surface area contributed by atoms with E-state index >= 15 is 0 Å². The highest BCUT2D eigenvalue weighted by Crippen LogP contribution is 2.31. The van der Waals surface area contributed by atoms with Crippen molar-refractivity contribution in [2.24, 2.45) is 4.99 Å². The minimum atomic E-state index is -0.402. The van der Waals surface area contributed by atoms with Crippen molar-refractivity contribution in [2.45, 2.75) is 5.03 Å². The summed E-state index contributed by atoms with van der Waals surface area (Å²) in [6, 6.07) is 18.2. The van der Waals surface area contributed by atoms with Gasteiger partial charge in [-0.3, -0.25) is 9.98 Å². The van der Waals surface area contributed by atoms with Crippen LogP contribution in [0.4, 0.5) is 11.6 Å². The van der Waals surface area contributed by atoms with Crippen LogP contribution >= 0.6 is 11.8 Å². The quantitative estimate of drug-likeness (QED) is 0.125. The van der Waals surface area contributed by atoms with Gasteiger partial charge in [-0.1, -0.05) is 12.1 Å². The Balaban J connectivity index is 1.50. The molecule has 0 spiro atoms. The molecular formula is C27H23N7O3S. The van der Waals surface area contributed by atoms with Gasteiger partial charge >= 0.3 is 5.97 Å². The molecule has 3 aromatic heterocycles. The molecule has 0 saturated carbocycles. The third-order valence-electron chi connectivity index (χ3n) is 5.52. The molecule has 0 fully saturated rings. The summed E-state index contributed by atoms with van der Waals surface area (Å²) in [5.41, 5.74) is 3.61. The van der Waals surface area contributed by atoms with Gasteiger partial charge in [-0.05, 0) is 54.8 Å². The molecule has 190 valence electrons. The van der Waals surface area contributed by atoms with E-state index in [1.807, 2.05) is 42.7 Å². The normalized spacial score (nSPS) is 11.1. The number of carbonyl (C=O) groups excluding carboxylic acids is 1. The molecule has 10 nitrogen and oxygen atoms in total. The Kier molecular flexibility index (Phi) is 7.27. The van der Waals surface area contributed by atoms with Crippen molar-refractivity contribution >= 4 is 41.4 Å². The average molecular weight is 526 g/mol. The molecule has 3 heterocycles. The van der Waals surface area contributed by atoms with Crippen LogP contribution in [0, 0.1) is 0 Å². The Morgan fingerprint density at radius 1 is 1.00 bits per heavy atom. The van der Waals surface area contributed by atoms with E-state index in [2.05, 4.69) is 20.3 Å². The van der Waals surface area contributed by atoms with Crippen molar-refractivity contribution in [3.05, 3.63) is 84.2 Å². The van der Waals surface area contributed by atoms with Crippen molar-refractivity contribution in [3.63, 3.8) is 0 Å². The predicted molar refractivity (Wildman–Crippen MR) is 147 cm³/mol. The van der Waals surface area contributed by atoms with Crippen LogP contribution in [0.2, 0.25) is 0 Å². The number of ether oxygens (including phenoxy) is 2. The van der Waals surface area contributed by atoms with E-state index in [1.54, 1.807) is 54.4 Å². The minimum absolute atomic E-state index is 0.380. The fraction of sp³-hybridized carbons (Fsp3) is 0.111. The largest absolute Gasteiger partial charge is 0.465 e. The van der Waals surface area contributed by atoms with E-state index < -0.39 is 5.97 Å². The third kappa shape index (κ3) is 5.18. The molecular weight excluding hydrogens is 502 g/mol. The molecule has 0 aliphatic rings. The fourth-order valence-corrected chi connectivity index (χ4v) is 4.33. The van der Waals surface area contributed by atoms with Crippen LogP contribution in [0.25, 0.3) is 17.0 Å². The number of carbonyl (C=O) groups is 1. The summed E-state index contributed by atoms with van der Waals surface area (Å²) in [4.78, 5) is 29.5. The van der Waals surface area contributed by atoms with Crippen molar-refractivity contribution in [1.29, 1.82) is 0 Å². The Bertz CT molecular complexity index is 1600. The predicted octanol–water partition coefficient (Wildman–Crippen LogP) is 5.28. The van der Waals surface area contributed by atoms with E-state index in [4.69, 9.17) is 19.6 Å². The Hall–Kier alpha value is -4.77. The number of aliphatic imine (C=N–C) groups is 1. The van der Waals surface area contributed by atoms with Crippen LogP contribution in [0.5, 0.6) is 11.5 Å². The monoisotopic (exact) mass is 525 g/mol. The number of rotatable bonds is 8. The van der Waals surface area contributed by atoms with Crippen LogP contribution in [-0.4, -0.2) is 57.2 Å². The zero-order valence-corrected chi connectivity index (χ0v) is 21.6. The first-order valence-corrected chi connectivity index (χ1v) is 12.7. The highest BCUT2D eigenvalue weighted by atomic mass is 32.2. The number of nitrogens with one attached hydrogen (secondary N) is 1. The number of pyridine rings is 1. The summed E-state index contributed by atoms with van der Waals surface area (Å²) < 4.78 is 12.3. The third-order valence-corrected chi connectivity index (χ3v) is 6.21. The van der Waals surface area contributed by atoms with Gasteiger partial charge in [-0.25, -0.2) is 9.78 Å². The molecule has 0 unspecified atom stereocenters. The number of hydrogen-bond donors (Lipinski definition) is 1. The summed E-state index contributed by atoms with van der Waals surface area (Å²) in [5, 5.41) is 8.69. The van der Waals surface area contributed by atoms with Gasteiger partial charge in [-0.15, -0.1) is 16.9 Å². The van der Waals surface area contributed by atoms with Gasteiger partial charge in [0.05, 0.1) is 23.9 Å². The first kappa shape index (κ1) is 24.9. The van der Waals surface area contributed by atoms with Crippen molar-refractivity contribution in [1.82, 2.24) is 24.6 Å². The number of fused-ring (bicyclic) bond motifs is 1. The summed E-state index contributed by atoms with van der Waals surface area (Å²) >= 11 is 1.49. The SMILES string of the molecule is CN=Cc1c(SC)nc2nc(Nc3ccc(Oc4ccncc4)cc3)nn2c1-c1ccc(C(=O)OC)cc1. The lowest BCUT2D eigenvalue weighted by Gasteiger charge is -2.11. The molecule has 0 aliphatic heterocycles. The lowest BCUT2D eigenvalue weighted by Crippen LogP contribution is -2.06. The summed E-state index contributed by atoms with van der Waals surface area (Å²) in [5.74, 6) is 1.80. The number of aromatic nitrogens is 5. The van der Waals surface area contributed by atoms with Crippen LogP contribution in [0.3, 0.4) is 0 Å². The number of benzene rings is 2. The second-order valence-electron chi connectivity index (χ2n) is 7.92. The summed E-state index contributed by atoms with van der Waals surface area (Å²) in [6.45, 7) is 0. The van der Waals surface area contributed by atoms with Gasteiger partial charge in [0, 0.05) is 36.9 Å². The van der Waals surface area contributed by atoms with Crippen molar-refractivity contribution in [2.75, 3.05) is 25.7 Å². The molecule has 38 heavy (non-hydrogen) atoms. The first-order valence-electron chi connectivity index (χ1n) is 11.5. The molecule has 1 N–H and O–H groups in total. The average Bonchev–Trinajstić information content (AvgIpc) is 3.36. The minimum Gasteiger partial charge on any atom is -0.465 e. The van der Waals surface area contributed by atoms with Gasteiger partial charge in [0.15, 0.2) is 0 Å². The van der Waals surface area contributed by atoms with Crippen LogP contribution in [0.15, 0.2) is 83.1 Å². The van der Waals surface area contributed by atoms with Gasteiger partial charge in [0.1, 0.15) is 16.5 Å². The molecule has 5 aromatic rings.